The van der Waals surface area contributed by atoms with E-state index in [1.54, 1.807) is 0 Å². The minimum atomic E-state index is -0.677. The lowest BCUT2D eigenvalue weighted by molar-refractivity contribution is -0.146. The Bertz CT molecular complexity index is 415. The van der Waals surface area contributed by atoms with Crippen LogP contribution in [0.4, 0.5) is 0 Å². The number of hydrogen-bond donors (Lipinski definition) is 2. The van der Waals surface area contributed by atoms with Gasteiger partial charge in [0.05, 0.1) is 11.6 Å². The summed E-state index contributed by atoms with van der Waals surface area (Å²) in [5.41, 5.74) is 10.3. The summed E-state index contributed by atoms with van der Waals surface area (Å²) >= 11 is 0. The fourth-order valence-corrected chi connectivity index (χ4v) is 2.91. The topological polar surface area (TPSA) is 102 Å². The molecule has 0 aromatic rings. The van der Waals surface area contributed by atoms with Crippen molar-refractivity contribution in [3.63, 3.8) is 0 Å². The lowest BCUT2D eigenvalue weighted by Crippen LogP contribution is -2.61. The number of primary amides is 1. The summed E-state index contributed by atoms with van der Waals surface area (Å²) in [5.74, 6) is -0.297. The second-order valence-corrected chi connectivity index (χ2v) is 6.30. The summed E-state index contributed by atoms with van der Waals surface area (Å²) in [5, 5.41) is 0. The molecule has 7 nitrogen and oxygen atoms in total. The van der Waals surface area contributed by atoms with Crippen molar-refractivity contribution in [3.05, 3.63) is 0 Å². The monoisotopic (exact) mass is 370 g/mol. The van der Waals surface area contributed by atoms with Gasteiger partial charge in [-0.1, -0.05) is 0 Å². The highest BCUT2D eigenvalue weighted by Gasteiger charge is 2.38. The van der Waals surface area contributed by atoms with Crippen molar-refractivity contribution in [2.75, 3.05) is 32.7 Å². The van der Waals surface area contributed by atoms with Crippen molar-refractivity contribution >= 4 is 36.6 Å². The number of piperazine rings is 1. The second-order valence-electron chi connectivity index (χ2n) is 6.30. The Kier molecular flexibility index (Phi) is 8.80. The van der Waals surface area contributed by atoms with E-state index in [2.05, 4.69) is 0 Å². The smallest absolute Gasteiger partial charge is 0.251 e. The van der Waals surface area contributed by atoms with Gasteiger partial charge >= 0.3 is 0 Å². The highest BCUT2D eigenvalue weighted by Crippen LogP contribution is 2.22. The van der Waals surface area contributed by atoms with E-state index in [-0.39, 0.29) is 48.8 Å². The van der Waals surface area contributed by atoms with Gasteiger partial charge in [0.2, 0.25) is 5.91 Å². The Balaban J connectivity index is 0.00000242. The van der Waals surface area contributed by atoms with Gasteiger partial charge in [-0.05, 0) is 26.7 Å². The van der Waals surface area contributed by atoms with Gasteiger partial charge in [0, 0.05) is 32.7 Å². The number of carbonyl (C=O) groups is 2. The van der Waals surface area contributed by atoms with E-state index in [1.807, 2.05) is 23.6 Å². The molecule has 2 amide bonds. The first-order valence-corrected chi connectivity index (χ1v) is 7.55. The van der Waals surface area contributed by atoms with Crippen molar-refractivity contribution in [2.45, 2.75) is 44.4 Å². The molecule has 4 N–H and O–H groups in total. The lowest BCUT2D eigenvalue weighted by Gasteiger charge is -2.42. The van der Waals surface area contributed by atoms with Crippen LogP contribution in [0.3, 0.4) is 0 Å². The molecule has 0 saturated carbocycles. The molecule has 2 fully saturated rings. The van der Waals surface area contributed by atoms with Crippen LogP contribution in [-0.2, 0) is 14.3 Å². The molecule has 0 aliphatic carbocycles. The Labute approximate surface area is 149 Å². The SMILES string of the molecule is CC(C)(C(N)=O)N1CCN(C(=O)[C@@H]2CC[C@H](CN)O2)CC1.Cl.Cl. The first-order valence-electron chi connectivity index (χ1n) is 7.55. The van der Waals surface area contributed by atoms with Gasteiger partial charge < -0.3 is 21.1 Å². The minimum absolute atomic E-state index is 0. The summed E-state index contributed by atoms with van der Waals surface area (Å²) in [7, 11) is 0. The average Bonchev–Trinajstić information content (AvgIpc) is 2.95. The number of hydrogen-bond acceptors (Lipinski definition) is 5. The highest BCUT2D eigenvalue weighted by molar-refractivity contribution is 5.85. The summed E-state index contributed by atoms with van der Waals surface area (Å²) < 4.78 is 5.65. The molecular weight excluding hydrogens is 343 g/mol. The molecule has 0 aromatic carbocycles. The molecule has 0 spiro atoms. The van der Waals surface area contributed by atoms with Gasteiger partial charge in [0.1, 0.15) is 6.10 Å². The fraction of sp³-hybridized carbons (Fsp3) is 0.857. The third kappa shape index (κ3) is 4.93. The van der Waals surface area contributed by atoms with Crippen molar-refractivity contribution < 1.29 is 14.3 Å². The molecule has 136 valence electrons. The molecule has 2 rings (SSSR count). The predicted octanol–water partition coefficient (Wildman–Crippen LogP) is -0.256. The van der Waals surface area contributed by atoms with Gasteiger partial charge in [-0.3, -0.25) is 14.5 Å². The molecule has 0 bridgehead atoms. The number of carbonyl (C=O) groups excluding carboxylic acids is 2. The quantitative estimate of drug-likeness (QED) is 0.709. The van der Waals surface area contributed by atoms with Crippen LogP contribution in [-0.4, -0.2) is 72.1 Å². The molecule has 2 heterocycles. The highest BCUT2D eigenvalue weighted by atomic mass is 35.5. The van der Waals surface area contributed by atoms with Crippen LogP contribution in [0.15, 0.2) is 0 Å². The van der Waals surface area contributed by atoms with Crippen molar-refractivity contribution in [2.24, 2.45) is 11.5 Å². The zero-order valence-corrected chi connectivity index (χ0v) is 15.3. The Morgan fingerprint density at radius 2 is 1.70 bits per heavy atom. The second kappa shape index (κ2) is 9.03. The normalized spacial score (nSPS) is 25.4. The maximum atomic E-state index is 12.4. The molecule has 0 radical (unpaired) electrons. The summed E-state index contributed by atoms with van der Waals surface area (Å²) in [6.07, 6.45) is 1.25. The third-order valence-corrected chi connectivity index (χ3v) is 4.63. The van der Waals surface area contributed by atoms with Gasteiger partial charge in [0.15, 0.2) is 0 Å². The zero-order chi connectivity index (χ0) is 15.6. The van der Waals surface area contributed by atoms with Crippen molar-refractivity contribution in [1.29, 1.82) is 0 Å². The van der Waals surface area contributed by atoms with Gasteiger partial charge in [-0.15, -0.1) is 24.8 Å². The van der Waals surface area contributed by atoms with Gasteiger partial charge in [-0.2, -0.15) is 0 Å². The number of nitrogens with two attached hydrogens (primary N) is 2. The lowest BCUT2D eigenvalue weighted by atomic mass is 10.0. The number of amides is 2. The third-order valence-electron chi connectivity index (χ3n) is 4.63. The Hall–Kier alpha value is -0.600. The molecule has 2 atom stereocenters. The molecule has 9 heteroatoms. The van der Waals surface area contributed by atoms with Crippen LogP contribution in [0.25, 0.3) is 0 Å². The van der Waals surface area contributed by atoms with Crippen molar-refractivity contribution in [3.8, 4) is 0 Å². The molecule has 0 aromatic heterocycles. The van der Waals surface area contributed by atoms with E-state index >= 15 is 0 Å². The first-order chi connectivity index (χ1) is 9.86. The number of halogens is 2. The van der Waals surface area contributed by atoms with Crippen LogP contribution in [0.2, 0.25) is 0 Å². The van der Waals surface area contributed by atoms with E-state index in [0.29, 0.717) is 32.7 Å². The van der Waals surface area contributed by atoms with Crippen LogP contribution >= 0.6 is 24.8 Å². The minimum Gasteiger partial charge on any atom is -0.368 e. The summed E-state index contributed by atoms with van der Waals surface area (Å²) in [6, 6.07) is 0. The molecular formula is C14H28Cl2N4O3. The van der Waals surface area contributed by atoms with Crippen molar-refractivity contribution in [1.82, 2.24) is 9.80 Å². The van der Waals surface area contributed by atoms with Gasteiger partial charge in [-0.25, -0.2) is 0 Å². The molecule has 2 aliphatic rings. The zero-order valence-electron chi connectivity index (χ0n) is 13.7. The Morgan fingerprint density at radius 3 is 2.13 bits per heavy atom. The molecule has 23 heavy (non-hydrogen) atoms. The van der Waals surface area contributed by atoms with Crippen LogP contribution in [0.1, 0.15) is 26.7 Å². The van der Waals surface area contributed by atoms with E-state index in [0.717, 1.165) is 12.8 Å². The van der Waals surface area contributed by atoms with E-state index in [4.69, 9.17) is 16.2 Å². The van der Waals surface area contributed by atoms with Crippen LogP contribution in [0, 0.1) is 0 Å². The first kappa shape index (κ1) is 22.4. The van der Waals surface area contributed by atoms with E-state index in [9.17, 15) is 9.59 Å². The summed E-state index contributed by atoms with van der Waals surface area (Å²) in [4.78, 5) is 27.7. The number of rotatable bonds is 4. The Morgan fingerprint density at radius 1 is 1.13 bits per heavy atom. The standard InChI is InChI=1S/C14H26N4O3.2ClH/c1-14(2,13(16)20)18-7-5-17(6-8-18)12(19)11-4-3-10(9-15)21-11;;/h10-11H,3-9,15H2,1-2H3,(H2,16,20);2*1H/t10-,11+;;/m1../s1. The number of nitrogens with zero attached hydrogens (tertiary/aromatic N) is 2. The molecule has 2 aliphatic heterocycles. The molecule has 2 saturated heterocycles. The van der Waals surface area contributed by atoms with Crippen LogP contribution in [0.5, 0.6) is 0 Å². The largest absolute Gasteiger partial charge is 0.368 e. The predicted molar refractivity (Wildman–Crippen MR) is 92.9 cm³/mol. The molecule has 0 unspecified atom stereocenters. The average molecular weight is 371 g/mol. The van der Waals surface area contributed by atoms with E-state index in [1.165, 1.54) is 0 Å². The maximum Gasteiger partial charge on any atom is 0.251 e. The number of ether oxygens (including phenoxy) is 1. The van der Waals surface area contributed by atoms with Crippen LogP contribution < -0.4 is 11.5 Å². The van der Waals surface area contributed by atoms with E-state index < -0.39 is 5.54 Å². The fourth-order valence-electron chi connectivity index (χ4n) is 2.91. The maximum absolute atomic E-state index is 12.4. The summed E-state index contributed by atoms with van der Waals surface area (Å²) in [6.45, 7) is 6.59. The van der Waals surface area contributed by atoms with Gasteiger partial charge in [0.25, 0.3) is 5.91 Å².